The lowest BCUT2D eigenvalue weighted by Gasteiger charge is -2.32. The topological polar surface area (TPSA) is 41.1 Å². The number of fused-ring (bicyclic) bond motifs is 1. The van der Waals surface area contributed by atoms with E-state index in [9.17, 15) is 4.79 Å². The molecule has 4 atom stereocenters. The molecule has 2 aliphatic heterocycles. The average Bonchev–Trinajstić information content (AvgIpc) is 2.61. The average molecular weight is 214 g/mol. The van der Waals surface area contributed by atoms with Gasteiger partial charge in [-0.3, -0.25) is 10.1 Å². The lowest BCUT2D eigenvalue weighted by molar-refractivity contribution is -0.128. The van der Waals surface area contributed by atoms with Crippen LogP contribution in [-0.4, -0.2) is 22.7 Å². The van der Waals surface area contributed by atoms with Crippen molar-refractivity contribution in [3.05, 3.63) is 0 Å². The predicted octanol–water partition coefficient (Wildman–Crippen LogP) is 1.30. The molecule has 14 heavy (non-hydrogen) atoms. The van der Waals surface area contributed by atoms with Crippen LogP contribution in [0.3, 0.4) is 0 Å². The summed E-state index contributed by atoms with van der Waals surface area (Å²) >= 11 is 1.95. The van der Waals surface area contributed by atoms with Gasteiger partial charge in [0, 0.05) is 5.25 Å². The highest BCUT2D eigenvalue weighted by atomic mass is 32.2. The number of carbonyl (C=O) groups is 1. The molecule has 2 saturated heterocycles. The minimum absolute atomic E-state index is 0.187. The predicted molar refractivity (Wildman–Crippen MR) is 58.9 cm³/mol. The van der Waals surface area contributed by atoms with Crippen LogP contribution in [0.4, 0.5) is 0 Å². The number of carbonyl (C=O) groups excluding carboxylic acids is 1. The Hall–Kier alpha value is -0.220. The highest BCUT2D eigenvalue weighted by molar-refractivity contribution is 8.00. The molecule has 0 bridgehead atoms. The quantitative estimate of drug-likeness (QED) is 0.728. The van der Waals surface area contributed by atoms with E-state index in [0.717, 1.165) is 12.8 Å². The summed E-state index contributed by atoms with van der Waals surface area (Å²) in [7, 11) is 0. The summed E-state index contributed by atoms with van der Waals surface area (Å²) in [6.45, 7) is 4.29. The van der Waals surface area contributed by atoms with Crippen LogP contribution in [0.5, 0.6) is 0 Å². The molecule has 2 aliphatic rings. The highest BCUT2D eigenvalue weighted by Crippen LogP contribution is 2.40. The highest BCUT2D eigenvalue weighted by Gasteiger charge is 2.42. The van der Waals surface area contributed by atoms with Crippen molar-refractivity contribution in [1.29, 1.82) is 0 Å². The Kier molecular flexibility index (Phi) is 3.02. The molecule has 0 aromatic rings. The zero-order chi connectivity index (χ0) is 10.1. The van der Waals surface area contributed by atoms with Crippen molar-refractivity contribution in [1.82, 2.24) is 10.6 Å². The maximum absolute atomic E-state index is 11.7. The van der Waals surface area contributed by atoms with Gasteiger partial charge in [-0.2, -0.15) is 0 Å². The molecule has 4 unspecified atom stereocenters. The third-order valence-electron chi connectivity index (χ3n) is 3.10. The first kappa shape index (κ1) is 10.3. The molecule has 4 heteroatoms. The Morgan fingerprint density at radius 3 is 2.86 bits per heavy atom. The monoisotopic (exact) mass is 214 g/mol. The normalized spacial score (nSPS) is 42.0. The van der Waals surface area contributed by atoms with Crippen LogP contribution in [0.2, 0.25) is 0 Å². The second-order valence-electron chi connectivity index (χ2n) is 4.07. The summed E-state index contributed by atoms with van der Waals surface area (Å²) < 4.78 is 0. The van der Waals surface area contributed by atoms with Gasteiger partial charge >= 0.3 is 0 Å². The summed E-state index contributed by atoms with van der Waals surface area (Å²) in [5.41, 5.74) is 0. The van der Waals surface area contributed by atoms with E-state index in [1.807, 2.05) is 11.8 Å². The summed E-state index contributed by atoms with van der Waals surface area (Å²) in [6.07, 6.45) is 3.36. The fourth-order valence-corrected chi connectivity index (χ4v) is 3.76. The minimum atomic E-state index is 0.187. The first-order chi connectivity index (χ1) is 6.74. The maximum Gasteiger partial charge on any atom is 0.226 e. The molecule has 0 aromatic heterocycles. The fraction of sp³-hybridized carbons (Fsp3) is 0.900. The Bertz CT molecular complexity index is 234. The van der Waals surface area contributed by atoms with E-state index in [0.29, 0.717) is 10.6 Å². The number of rotatable bonds is 2. The first-order valence-electron chi connectivity index (χ1n) is 5.46. The van der Waals surface area contributed by atoms with Gasteiger partial charge in [0.25, 0.3) is 0 Å². The Morgan fingerprint density at radius 2 is 2.21 bits per heavy atom. The second-order valence-corrected chi connectivity index (χ2v) is 5.51. The number of hydrogen-bond acceptors (Lipinski definition) is 3. The molecule has 0 aromatic carbocycles. The Morgan fingerprint density at radius 1 is 1.43 bits per heavy atom. The second kappa shape index (κ2) is 4.11. The summed E-state index contributed by atoms with van der Waals surface area (Å²) in [5.74, 6) is 0.455. The smallest absolute Gasteiger partial charge is 0.226 e. The maximum atomic E-state index is 11.7. The summed E-state index contributed by atoms with van der Waals surface area (Å²) in [4.78, 5) is 11.7. The standard InChI is InChI=1S/C10H18N2OS/c1-3-6-5-7-9(13)11-8(4-2)12-10(7)14-6/h6-8,10,12H,3-5H2,1-2H3,(H,11,13). The first-order valence-corrected chi connectivity index (χ1v) is 6.40. The SMILES string of the molecule is CCC1NC(=O)C2CC(CC)SC2N1. The molecule has 80 valence electrons. The number of amides is 1. The zero-order valence-electron chi connectivity index (χ0n) is 8.75. The van der Waals surface area contributed by atoms with Crippen LogP contribution in [0, 0.1) is 5.92 Å². The van der Waals surface area contributed by atoms with Crippen LogP contribution < -0.4 is 10.6 Å². The molecule has 2 rings (SSSR count). The molecule has 0 saturated carbocycles. The molecule has 3 nitrogen and oxygen atoms in total. The van der Waals surface area contributed by atoms with E-state index in [-0.39, 0.29) is 18.0 Å². The van der Waals surface area contributed by atoms with Crippen molar-refractivity contribution >= 4 is 17.7 Å². The molecule has 1 amide bonds. The molecule has 0 radical (unpaired) electrons. The third-order valence-corrected chi connectivity index (χ3v) is 4.77. The molecule has 0 aliphatic carbocycles. The van der Waals surface area contributed by atoms with Gasteiger partial charge in [0.05, 0.1) is 17.5 Å². The number of hydrogen-bond donors (Lipinski definition) is 2. The van der Waals surface area contributed by atoms with Gasteiger partial charge in [-0.15, -0.1) is 11.8 Å². The fourth-order valence-electron chi connectivity index (χ4n) is 2.17. The van der Waals surface area contributed by atoms with Crippen molar-refractivity contribution in [3.8, 4) is 0 Å². The van der Waals surface area contributed by atoms with Gasteiger partial charge in [0.2, 0.25) is 5.91 Å². The van der Waals surface area contributed by atoms with E-state index < -0.39 is 0 Å². The number of thioether (sulfide) groups is 1. The van der Waals surface area contributed by atoms with Gasteiger partial charge < -0.3 is 5.32 Å². The lowest BCUT2D eigenvalue weighted by Crippen LogP contribution is -2.58. The van der Waals surface area contributed by atoms with E-state index in [2.05, 4.69) is 24.5 Å². The van der Waals surface area contributed by atoms with Crippen LogP contribution in [0.25, 0.3) is 0 Å². The zero-order valence-corrected chi connectivity index (χ0v) is 9.56. The molecule has 0 spiro atoms. The molecular formula is C10H18N2OS. The van der Waals surface area contributed by atoms with Crippen molar-refractivity contribution in [2.45, 2.75) is 49.9 Å². The van der Waals surface area contributed by atoms with E-state index in [1.165, 1.54) is 6.42 Å². The van der Waals surface area contributed by atoms with Gasteiger partial charge in [-0.05, 0) is 19.3 Å². The minimum Gasteiger partial charge on any atom is -0.340 e. The Labute approximate surface area is 89.4 Å². The van der Waals surface area contributed by atoms with Crippen LogP contribution in [-0.2, 0) is 4.79 Å². The van der Waals surface area contributed by atoms with Crippen LogP contribution in [0.1, 0.15) is 33.1 Å². The van der Waals surface area contributed by atoms with Crippen molar-refractivity contribution in [3.63, 3.8) is 0 Å². The van der Waals surface area contributed by atoms with Crippen LogP contribution in [0.15, 0.2) is 0 Å². The van der Waals surface area contributed by atoms with E-state index in [4.69, 9.17) is 0 Å². The van der Waals surface area contributed by atoms with Crippen molar-refractivity contribution < 1.29 is 4.79 Å². The van der Waals surface area contributed by atoms with Crippen LogP contribution >= 0.6 is 11.8 Å². The molecular weight excluding hydrogens is 196 g/mol. The van der Waals surface area contributed by atoms with Crippen molar-refractivity contribution in [2.24, 2.45) is 5.92 Å². The lowest BCUT2D eigenvalue weighted by atomic mass is 9.99. The summed E-state index contributed by atoms with van der Waals surface area (Å²) in [6, 6.07) is 0. The molecule has 2 heterocycles. The number of nitrogens with one attached hydrogen (secondary N) is 2. The van der Waals surface area contributed by atoms with E-state index in [1.54, 1.807) is 0 Å². The third kappa shape index (κ3) is 1.77. The van der Waals surface area contributed by atoms with Gasteiger partial charge in [-0.1, -0.05) is 13.8 Å². The van der Waals surface area contributed by atoms with Crippen molar-refractivity contribution in [2.75, 3.05) is 0 Å². The van der Waals surface area contributed by atoms with Gasteiger partial charge in [0.1, 0.15) is 0 Å². The molecule has 2 fully saturated rings. The summed E-state index contributed by atoms with van der Waals surface area (Å²) in [5, 5.41) is 7.53. The Balaban J connectivity index is 2.03. The van der Waals surface area contributed by atoms with Gasteiger partial charge in [0.15, 0.2) is 0 Å². The molecule has 2 N–H and O–H groups in total. The largest absolute Gasteiger partial charge is 0.340 e. The van der Waals surface area contributed by atoms with Gasteiger partial charge in [-0.25, -0.2) is 0 Å². The van der Waals surface area contributed by atoms with E-state index >= 15 is 0 Å².